The number of hydrogen-bond acceptors (Lipinski definition) is 4. The Morgan fingerprint density at radius 2 is 1.86 bits per heavy atom. The Bertz CT molecular complexity index is 1470. The van der Waals surface area contributed by atoms with Crippen molar-refractivity contribution in [3.8, 4) is 11.1 Å². The summed E-state index contributed by atoms with van der Waals surface area (Å²) in [6, 6.07) is 8.90. The number of aromatic nitrogens is 3. The number of alkyl halides is 4. The van der Waals surface area contributed by atoms with Gasteiger partial charge in [-0.05, 0) is 23.8 Å². The molecule has 5 rings (SSSR count). The van der Waals surface area contributed by atoms with Gasteiger partial charge in [0.25, 0.3) is 5.56 Å². The number of aromatic amines is 1. The van der Waals surface area contributed by atoms with Gasteiger partial charge in [-0.15, -0.1) is 0 Å². The second-order valence-corrected chi connectivity index (χ2v) is 8.53. The molecule has 12 heteroatoms. The molecule has 4 aromatic rings. The zero-order valence-corrected chi connectivity index (χ0v) is 18.5. The van der Waals surface area contributed by atoms with Crippen LogP contribution in [-0.2, 0) is 11.3 Å². The summed E-state index contributed by atoms with van der Waals surface area (Å²) < 4.78 is 73.8. The standard InChI is InChI=1S/C23H16ClF5N4O2/c24-18-3-1-2-14(20(18)25)10-32-5-4-13(6-19(32)34)17-9-31-21-16(17)7-15(8-30-21)33-11-22(26,27)35-23(28,29)12-33/h1-9H,10-12H2,(H,30,31). The summed E-state index contributed by atoms with van der Waals surface area (Å²) >= 11 is 5.80. The first-order valence-corrected chi connectivity index (χ1v) is 10.7. The molecule has 0 radical (unpaired) electrons. The third kappa shape index (κ3) is 4.61. The zero-order chi connectivity index (χ0) is 25.0. The van der Waals surface area contributed by atoms with Crippen molar-refractivity contribution in [1.29, 1.82) is 0 Å². The fourth-order valence-corrected chi connectivity index (χ4v) is 4.22. The number of pyridine rings is 2. The first kappa shape index (κ1) is 23.3. The van der Waals surface area contributed by atoms with Crippen LogP contribution in [-0.4, -0.2) is 39.8 Å². The number of H-pyrrole nitrogens is 1. The Morgan fingerprint density at radius 3 is 2.57 bits per heavy atom. The highest BCUT2D eigenvalue weighted by Crippen LogP contribution is 2.37. The van der Waals surface area contributed by atoms with E-state index < -0.39 is 36.7 Å². The summed E-state index contributed by atoms with van der Waals surface area (Å²) in [6.45, 7) is -2.16. The number of benzene rings is 1. The smallest absolute Gasteiger partial charge is 0.353 e. The van der Waals surface area contributed by atoms with Gasteiger partial charge < -0.3 is 14.5 Å². The van der Waals surface area contributed by atoms with Crippen molar-refractivity contribution < 1.29 is 26.7 Å². The number of rotatable bonds is 4. The van der Waals surface area contributed by atoms with E-state index >= 15 is 0 Å². The summed E-state index contributed by atoms with van der Waals surface area (Å²) in [5.74, 6) is -0.611. The Hall–Kier alpha value is -3.44. The Balaban J connectivity index is 1.48. The number of halogens is 6. The Morgan fingerprint density at radius 1 is 1.11 bits per heavy atom. The van der Waals surface area contributed by atoms with E-state index in [9.17, 15) is 26.7 Å². The molecule has 1 aromatic carbocycles. The van der Waals surface area contributed by atoms with Crippen LogP contribution in [0.5, 0.6) is 0 Å². The fourth-order valence-electron chi connectivity index (χ4n) is 4.03. The Kier molecular flexibility index (Phi) is 5.56. The predicted octanol–water partition coefficient (Wildman–Crippen LogP) is 5.25. The Labute approximate surface area is 199 Å². The molecule has 0 aliphatic carbocycles. The molecule has 4 heterocycles. The zero-order valence-electron chi connectivity index (χ0n) is 17.7. The first-order chi connectivity index (χ1) is 16.5. The summed E-state index contributed by atoms with van der Waals surface area (Å²) in [5, 5.41) is 0.392. The van der Waals surface area contributed by atoms with E-state index in [-0.39, 0.29) is 22.8 Å². The molecule has 1 fully saturated rings. The molecule has 35 heavy (non-hydrogen) atoms. The van der Waals surface area contributed by atoms with Crippen molar-refractivity contribution in [2.75, 3.05) is 18.0 Å². The van der Waals surface area contributed by atoms with E-state index in [0.29, 0.717) is 22.2 Å². The van der Waals surface area contributed by atoms with Crippen LogP contribution >= 0.6 is 11.6 Å². The minimum atomic E-state index is -4.04. The van der Waals surface area contributed by atoms with Gasteiger partial charge in [-0.3, -0.25) is 9.53 Å². The van der Waals surface area contributed by atoms with E-state index in [4.69, 9.17) is 11.6 Å². The lowest BCUT2D eigenvalue weighted by atomic mass is 10.1. The van der Waals surface area contributed by atoms with Gasteiger partial charge in [0.1, 0.15) is 24.6 Å². The minimum Gasteiger partial charge on any atom is -0.353 e. The van der Waals surface area contributed by atoms with Crippen LogP contribution in [0.3, 0.4) is 0 Å². The molecule has 0 unspecified atom stereocenters. The molecule has 6 nitrogen and oxygen atoms in total. The summed E-state index contributed by atoms with van der Waals surface area (Å²) in [7, 11) is 0. The summed E-state index contributed by atoms with van der Waals surface area (Å²) in [4.78, 5) is 20.6. The third-order valence-electron chi connectivity index (χ3n) is 5.61. The van der Waals surface area contributed by atoms with Crippen molar-refractivity contribution in [2.45, 2.75) is 18.8 Å². The highest BCUT2D eigenvalue weighted by Gasteiger charge is 2.51. The average molecular weight is 511 g/mol. The largest absolute Gasteiger partial charge is 0.377 e. The topological polar surface area (TPSA) is 63.1 Å². The molecule has 182 valence electrons. The maximum atomic E-state index is 14.2. The van der Waals surface area contributed by atoms with E-state index in [1.165, 1.54) is 41.2 Å². The quantitative estimate of drug-likeness (QED) is 0.381. The van der Waals surface area contributed by atoms with Gasteiger partial charge in [0.05, 0.1) is 23.5 Å². The van der Waals surface area contributed by atoms with Crippen molar-refractivity contribution in [3.05, 3.63) is 81.7 Å². The molecular weight excluding hydrogens is 495 g/mol. The second-order valence-electron chi connectivity index (χ2n) is 8.12. The third-order valence-corrected chi connectivity index (χ3v) is 5.90. The van der Waals surface area contributed by atoms with E-state index in [0.717, 1.165) is 4.90 Å². The van der Waals surface area contributed by atoms with Gasteiger partial charge >= 0.3 is 12.2 Å². The SMILES string of the molecule is O=c1cc(-c2c[nH]c3ncc(N4CC(F)(F)OC(F)(F)C4)cc23)ccn1Cc1cccc(Cl)c1F. The van der Waals surface area contributed by atoms with Crippen LogP contribution in [0.1, 0.15) is 5.56 Å². The van der Waals surface area contributed by atoms with E-state index in [1.54, 1.807) is 18.3 Å². The maximum Gasteiger partial charge on any atom is 0.377 e. The average Bonchev–Trinajstić information content (AvgIpc) is 3.19. The number of ether oxygens (including phenoxy) is 1. The second kappa shape index (κ2) is 8.35. The van der Waals surface area contributed by atoms with Gasteiger partial charge in [0.2, 0.25) is 0 Å². The lowest BCUT2D eigenvalue weighted by molar-refractivity contribution is -0.380. The van der Waals surface area contributed by atoms with Crippen molar-refractivity contribution >= 4 is 28.3 Å². The van der Waals surface area contributed by atoms with Gasteiger partial charge in [-0.25, -0.2) is 9.37 Å². The number of nitrogens with one attached hydrogen (secondary N) is 1. The van der Waals surface area contributed by atoms with Crippen molar-refractivity contribution in [2.24, 2.45) is 0 Å². The van der Waals surface area contributed by atoms with Gasteiger partial charge in [-0.1, -0.05) is 23.7 Å². The molecule has 1 aliphatic rings. The molecule has 0 atom stereocenters. The van der Waals surface area contributed by atoms with Gasteiger partial charge in [0, 0.05) is 35.0 Å². The molecule has 1 saturated heterocycles. The maximum absolute atomic E-state index is 14.2. The molecule has 1 aliphatic heterocycles. The monoisotopic (exact) mass is 510 g/mol. The number of anilines is 1. The minimum absolute atomic E-state index is 0.0372. The summed E-state index contributed by atoms with van der Waals surface area (Å²) in [5.41, 5.74) is 1.23. The highest BCUT2D eigenvalue weighted by atomic mass is 35.5. The lowest BCUT2D eigenvalue weighted by Gasteiger charge is -2.37. The van der Waals surface area contributed by atoms with E-state index in [2.05, 4.69) is 14.7 Å². The molecule has 0 bridgehead atoms. The highest BCUT2D eigenvalue weighted by molar-refractivity contribution is 6.30. The number of fused-ring (bicyclic) bond motifs is 1. The van der Waals surface area contributed by atoms with Crippen molar-refractivity contribution in [3.63, 3.8) is 0 Å². The molecule has 1 N–H and O–H groups in total. The molecular formula is C23H16ClF5N4O2. The van der Waals surface area contributed by atoms with Gasteiger partial charge in [-0.2, -0.15) is 17.6 Å². The normalized spacial score (nSPS) is 17.1. The van der Waals surface area contributed by atoms with Crippen LogP contribution in [0, 0.1) is 5.82 Å². The van der Waals surface area contributed by atoms with Crippen LogP contribution in [0.25, 0.3) is 22.2 Å². The fraction of sp³-hybridized carbons (Fsp3) is 0.217. The number of nitrogens with zero attached hydrogens (tertiary/aromatic N) is 3. The number of morpholine rings is 1. The lowest BCUT2D eigenvalue weighted by Crippen LogP contribution is -2.55. The van der Waals surface area contributed by atoms with Crippen LogP contribution in [0.4, 0.5) is 27.6 Å². The predicted molar refractivity (Wildman–Crippen MR) is 119 cm³/mol. The van der Waals surface area contributed by atoms with E-state index in [1.807, 2.05) is 0 Å². The van der Waals surface area contributed by atoms with Crippen LogP contribution in [0.15, 0.2) is 59.8 Å². The molecule has 0 amide bonds. The summed E-state index contributed by atoms with van der Waals surface area (Å²) in [6.07, 6.45) is -3.82. The molecule has 0 saturated carbocycles. The molecule has 0 spiro atoms. The van der Waals surface area contributed by atoms with Crippen LogP contribution in [0.2, 0.25) is 5.02 Å². The van der Waals surface area contributed by atoms with Crippen molar-refractivity contribution in [1.82, 2.24) is 14.5 Å². The van der Waals surface area contributed by atoms with Crippen LogP contribution < -0.4 is 10.5 Å². The van der Waals surface area contributed by atoms with Gasteiger partial charge in [0.15, 0.2) is 0 Å². The molecule has 3 aromatic heterocycles. The number of hydrogen-bond donors (Lipinski definition) is 1. The first-order valence-electron chi connectivity index (χ1n) is 10.3.